The molecule has 1 aromatic heterocycles. The SMILES string of the molecule is N.O=[N+]([O-])c1cccc2nc3ccccc3cc12. The molecule has 0 saturated carbocycles. The summed E-state index contributed by atoms with van der Waals surface area (Å²) in [5, 5.41) is 12.4. The first kappa shape index (κ1) is 11.9. The number of pyridine rings is 1. The van der Waals surface area contributed by atoms with Gasteiger partial charge in [-0.3, -0.25) is 10.1 Å². The minimum Gasteiger partial charge on any atom is -0.344 e. The van der Waals surface area contributed by atoms with Crippen molar-refractivity contribution in [3.63, 3.8) is 0 Å². The van der Waals surface area contributed by atoms with Crippen LogP contribution in [0.4, 0.5) is 5.69 Å². The van der Waals surface area contributed by atoms with Gasteiger partial charge in [-0.2, -0.15) is 0 Å². The van der Waals surface area contributed by atoms with Gasteiger partial charge in [-0.15, -0.1) is 0 Å². The summed E-state index contributed by atoms with van der Waals surface area (Å²) in [4.78, 5) is 15.0. The van der Waals surface area contributed by atoms with E-state index < -0.39 is 0 Å². The van der Waals surface area contributed by atoms with Crippen molar-refractivity contribution in [3.05, 3.63) is 58.6 Å². The molecule has 0 atom stereocenters. The summed E-state index contributed by atoms with van der Waals surface area (Å²) in [5.74, 6) is 0. The third kappa shape index (κ3) is 1.76. The van der Waals surface area contributed by atoms with Crippen LogP contribution in [0.15, 0.2) is 48.5 Å². The number of para-hydroxylation sites is 1. The summed E-state index contributed by atoms with van der Waals surface area (Å²) in [6, 6.07) is 14.3. The Morgan fingerprint density at radius 2 is 1.72 bits per heavy atom. The molecule has 90 valence electrons. The second-order valence-corrected chi connectivity index (χ2v) is 3.78. The topological polar surface area (TPSA) is 91.0 Å². The molecule has 0 amide bonds. The smallest absolute Gasteiger partial charge is 0.278 e. The molecule has 2 aromatic carbocycles. The maximum absolute atomic E-state index is 10.9. The van der Waals surface area contributed by atoms with Crippen LogP contribution < -0.4 is 6.15 Å². The lowest BCUT2D eigenvalue weighted by Crippen LogP contribution is -1.90. The van der Waals surface area contributed by atoms with Gasteiger partial charge in [0, 0.05) is 11.5 Å². The van der Waals surface area contributed by atoms with E-state index in [0.717, 1.165) is 10.9 Å². The van der Waals surface area contributed by atoms with Gasteiger partial charge in [-0.1, -0.05) is 24.3 Å². The zero-order valence-corrected chi connectivity index (χ0v) is 9.54. The predicted molar refractivity (Wildman–Crippen MR) is 70.9 cm³/mol. The summed E-state index contributed by atoms with van der Waals surface area (Å²) in [5.41, 5.74) is 1.60. The molecular formula is C13H11N3O2. The van der Waals surface area contributed by atoms with Crippen molar-refractivity contribution in [2.45, 2.75) is 0 Å². The summed E-state index contributed by atoms with van der Waals surface area (Å²) in [6.07, 6.45) is 0. The number of rotatable bonds is 1. The lowest BCUT2D eigenvalue weighted by atomic mass is 10.1. The van der Waals surface area contributed by atoms with Crippen LogP contribution in [0.3, 0.4) is 0 Å². The number of nitro benzene ring substituents is 1. The highest BCUT2D eigenvalue weighted by molar-refractivity contribution is 5.97. The predicted octanol–water partition coefficient (Wildman–Crippen LogP) is 3.46. The molecule has 0 saturated heterocycles. The Hall–Kier alpha value is -2.53. The van der Waals surface area contributed by atoms with E-state index >= 15 is 0 Å². The van der Waals surface area contributed by atoms with Gasteiger partial charge < -0.3 is 6.15 Å². The van der Waals surface area contributed by atoms with E-state index in [1.807, 2.05) is 30.3 Å². The van der Waals surface area contributed by atoms with Gasteiger partial charge in [0.15, 0.2) is 0 Å². The fourth-order valence-corrected chi connectivity index (χ4v) is 1.94. The number of nitro groups is 1. The normalized spacial score (nSPS) is 10.2. The minimum atomic E-state index is -0.376. The number of hydrogen-bond donors (Lipinski definition) is 1. The third-order valence-electron chi connectivity index (χ3n) is 2.73. The van der Waals surface area contributed by atoms with Gasteiger partial charge >= 0.3 is 0 Å². The zero-order chi connectivity index (χ0) is 11.8. The largest absolute Gasteiger partial charge is 0.344 e. The van der Waals surface area contributed by atoms with Crippen LogP contribution in [-0.4, -0.2) is 9.91 Å². The molecule has 0 aliphatic carbocycles. The van der Waals surface area contributed by atoms with Crippen LogP contribution in [-0.2, 0) is 0 Å². The summed E-state index contributed by atoms with van der Waals surface area (Å²) >= 11 is 0. The van der Waals surface area contributed by atoms with Crippen LogP contribution in [0.25, 0.3) is 21.8 Å². The average molecular weight is 241 g/mol. The average Bonchev–Trinajstić information content (AvgIpc) is 2.35. The maximum atomic E-state index is 10.9. The van der Waals surface area contributed by atoms with Crippen LogP contribution >= 0.6 is 0 Å². The first-order valence-corrected chi connectivity index (χ1v) is 5.18. The molecule has 0 unspecified atom stereocenters. The Morgan fingerprint density at radius 1 is 1.00 bits per heavy atom. The van der Waals surface area contributed by atoms with Gasteiger partial charge in [0.05, 0.1) is 21.3 Å². The van der Waals surface area contributed by atoms with Crippen molar-refractivity contribution in [1.29, 1.82) is 0 Å². The molecule has 0 spiro atoms. The molecule has 0 bridgehead atoms. The van der Waals surface area contributed by atoms with Crippen LogP contribution in [0, 0.1) is 10.1 Å². The minimum absolute atomic E-state index is 0. The molecule has 5 heteroatoms. The van der Waals surface area contributed by atoms with Crippen molar-refractivity contribution in [1.82, 2.24) is 11.1 Å². The molecule has 0 aliphatic heterocycles. The quantitative estimate of drug-likeness (QED) is 0.401. The number of aromatic nitrogens is 1. The standard InChI is InChI=1S/C13H8N2O2.H3N/c16-15(17)13-7-3-6-12-10(13)8-9-4-1-2-5-11(9)14-12;/h1-8H;1H3. The molecule has 0 radical (unpaired) electrons. The first-order valence-electron chi connectivity index (χ1n) is 5.18. The van der Waals surface area contributed by atoms with Crippen molar-refractivity contribution in [2.75, 3.05) is 0 Å². The molecule has 3 N–H and O–H groups in total. The number of nitrogens with zero attached hydrogens (tertiary/aromatic N) is 2. The Labute approximate surface area is 103 Å². The summed E-state index contributed by atoms with van der Waals surface area (Å²) in [6.45, 7) is 0. The lowest BCUT2D eigenvalue weighted by Gasteiger charge is -2.01. The van der Waals surface area contributed by atoms with Crippen LogP contribution in [0.1, 0.15) is 0 Å². The van der Waals surface area contributed by atoms with Gasteiger partial charge in [-0.05, 0) is 18.2 Å². The van der Waals surface area contributed by atoms with Gasteiger partial charge in [0.1, 0.15) is 0 Å². The number of fused-ring (bicyclic) bond motifs is 2. The Bertz CT molecular complexity index is 740. The van der Waals surface area contributed by atoms with Crippen molar-refractivity contribution < 1.29 is 4.92 Å². The Balaban J connectivity index is 0.00000120. The second-order valence-electron chi connectivity index (χ2n) is 3.78. The fourth-order valence-electron chi connectivity index (χ4n) is 1.94. The van der Waals surface area contributed by atoms with Gasteiger partial charge in [0.2, 0.25) is 0 Å². The van der Waals surface area contributed by atoms with E-state index in [-0.39, 0.29) is 16.8 Å². The van der Waals surface area contributed by atoms with Crippen LogP contribution in [0.2, 0.25) is 0 Å². The first-order chi connectivity index (χ1) is 8.25. The maximum Gasteiger partial charge on any atom is 0.278 e. The molecule has 5 nitrogen and oxygen atoms in total. The second kappa shape index (κ2) is 4.38. The van der Waals surface area contributed by atoms with Crippen molar-refractivity contribution >= 4 is 27.5 Å². The van der Waals surface area contributed by atoms with E-state index in [4.69, 9.17) is 0 Å². The number of hydrogen-bond acceptors (Lipinski definition) is 4. The van der Waals surface area contributed by atoms with E-state index in [0.29, 0.717) is 10.9 Å². The highest BCUT2D eigenvalue weighted by Crippen LogP contribution is 2.27. The third-order valence-corrected chi connectivity index (χ3v) is 2.73. The number of non-ortho nitro benzene ring substituents is 1. The number of benzene rings is 2. The molecule has 18 heavy (non-hydrogen) atoms. The van der Waals surface area contributed by atoms with Crippen molar-refractivity contribution in [3.8, 4) is 0 Å². The van der Waals surface area contributed by atoms with E-state index in [9.17, 15) is 10.1 Å². The van der Waals surface area contributed by atoms with E-state index in [1.165, 1.54) is 6.07 Å². The monoisotopic (exact) mass is 241 g/mol. The summed E-state index contributed by atoms with van der Waals surface area (Å²) in [7, 11) is 0. The lowest BCUT2D eigenvalue weighted by molar-refractivity contribution is -0.383. The van der Waals surface area contributed by atoms with E-state index in [1.54, 1.807) is 12.1 Å². The van der Waals surface area contributed by atoms with Crippen molar-refractivity contribution in [2.24, 2.45) is 0 Å². The van der Waals surface area contributed by atoms with Gasteiger partial charge in [0.25, 0.3) is 5.69 Å². The Kier molecular flexibility index (Phi) is 2.91. The molecule has 1 heterocycles. The van der Waals surface area contributed by atoms with E-state index in [2.05, 4.69) is 4.98 Å². The van der Waals surface area contributed by atoms with Gasteiger partial charge in [-0.25, -0.2) is 4.98 Å². The molecule has 0 fully saturated rings. The fraction of sp³-hybridized carbons (Fsp3) is 0. The molecule has 3 rings (SSSR count). The highest BCUT2D eigenvalue weighted by Gasteiger charge is 2.12. The summed E-state index contributed by atoms with van der Waals surface area (Å²) < 4.78 is 0. The molecule has 0 aliphatic rings. The Morgan fingerprint density at radius 3 is 2.50 bits per heavy atom. The zero-order valence-electron chi connectivity index (χ0n) is 9.54. The molecular weight excluding hydrogens is 230 g/mol. The highest BCUT2D eigenvalue weighted by atomic mass is 16.6. The van der Waals surface area contributed by atoms with Crippen LogP contribution in [0.5, 0.6) is 0 Å². The molecule has 3 aromatic rings.